The second-order valence-electron chi connectivity index (χ2n) is 10.1. The van der Waals surface area contributed by atoms with Gasteiger partial charge in [-0.1, -0.05) is 35.7 Å². The number of anilines is 2. The summed E-state index contributed by atoms with van der Waals surface area (Å²) in [5.41, 5.74) is 4.02. The first-order valence-electron chi connectivity index (χ1n) is 13.3. The minimum atomic E-state index is -0.0694. The number of rotatable bonds is 7. The summed E-state index contributed by atoms with van der Waals surface area (Å²) in [6, 6.07) is 17.4. The van der Waals surface area contributed by atoms with Crippen molar-refractivity contribution in [2.45, 2.75) is 51.8 Å². The summed E-state index contributed by atoms with van der Waals surface area (Å²) < 4.78 is 5.50. The number of H-pyrrole nitrogens is 1. The third-order valence-electron chi connectivity index (χ3n) is 7.34. The van der Waals surface area contributed by atoms with Gasteiger partial charge in [-0.2, -0.15) is 0 Å². The van der Waals surface area contributed by atoms with Crippen LogP contribution in [0, 0.1) is 0 Å². The number of nitrogens with one attached hydrogen (secondary N) is 2. The van der Waals surface area contributed by atoms with Gasteiger partial charge in [-0.3, -0.25) is 4.79 Å². The topological polar surface area (TPSA) is 60.6 Å². The number of likely N-dealkylation sites (tertiary alicyclic amines) is 1. The number of hydrogen-bond acceptors (Lipinski definition) is 7. The summed E-state index contributed by atoms with van der Waals surface area (Å²) in [5.74, 6) is 0. The molecule has 0 amide bonds. The third-order valence-corrected chi connectivity index (χ3v) is 9.94. The van der Waals surface area contributed by atoms with E-state index in [4.69, 9.17) is 4.74 Å². The Hall–Kier alpha value is -2.39. The lowest BCUT2D eigenvalue weighted by Gasteiger charge is -2.29. The zero-order valence-corrected chi connectivity index (χ0v) is 22.9. The summed E-state index contributed by atoms with van der Waals surface area (Å²) in [6.07, 6.45) is 3.85. The summed E-state index contributed by atoms with van der Waals surface area (Å²) in [4.78, 5) is 25.5. The Labute approximate surface area is 227 Å². The van der Waals surface area contributed by atoms with Crippen LogP contribution in [-0.4, -0.2) is 61.9 Å². The van der Waals surface area contributed by atoms with Gasteiger partial charge in [0.2, 0.25) is 5.56 Å². The fourth-order valence-electron chi connectivity index (χ4n) is 5.32. The van der Waals surface area contributed by atoms with E-state index in [1.165, 1.54) is 57.7 Å². The van der Waals surface area contributed by atoms with Gasteiger partial charge in [0.25, 0.3) is 0 Å². The normalized spacial score (nSPS) is 18.4. The van der Waals surface area contributed by atoms with E-state index in [1.807, 2.05) is 11.8 Å². The number of fused-ring (bicyclic) bond motifs is 2. The molecule has 37 heavy (non-hydrogen) atoms. The molecule has 0 saturated carbocycles. The van der Waals surface area contributed by atoms with Crippen LogP contribution >= 0.6 is 23.5 Å². The molecule has 8 heteroatoms. The van der Waals surface area contributed by atoms with Crippen LogP contribution in [0.2, 0.25) is 0 Å². The highest BCUT2D eigenvalue weighted by atomic mass is 32.2. The number of nitrogens with zero attached hydrogens (tertiary/aromatic N) is 2. The maximum Gasteiger partial charge on any atom is 0.250 e. The molecular formula is C29H34N4O2S2. The SMILES string of the molecule is CC(CCN1CCCC1)Nc1ccc2c(c1)Sc1cccc(-c3cc(N4CCOCC4)cc(=O)[nH]3)c1S2. The average molecular weight is 535 g/mol. The Bertz CT molecular complexity index is 1320. The fourth-order valence-corrected chi connectivity index (χ4v) is 7.73. The number of hydrogen-bond donors (Lipinski definition) is 2. The van der Waals surface area contributed by atoms with Crippen LogP contribution in [0.3, 0.4) is 0 Å². The van der Waals surface area contributed by atoms with Crippen LogP contribution in [0.1, 0.15) is 26.2 Å². The number of benzene rings is 2. The standard InChI is InChI=1S/C29H34N4O2S2/c1-20(9-12-32-10-2-3-11-32)30-21-7-8-25-27(17-21)36-26-6-4-5-23(29(26)37-25)24-18-22(19-28(34)31-24)33-13-15-35-16-14-33/h4-8,17-20,30H,2-3,9-16H2,1H3,(H,31,34). The van der Waals surface area contributed by atoms with Crippen molar-refractivity contribution in [1.29, 1.82) is 0 Å². The van der Waals surface area contributed by atoms with Gasteiger partial charge in [-0.15, -0.1) is 0 Å². The highest BCUT2D eigenvalue weighted by Gasteiger charge is 2.22. The summed E-state index contributed by atoms with van der Waals surface area (Å²) in [5, 5.41) is 3.72. The van der Waals surface area contributed by atoms with Crippen molar-refractivity contribution >= 4 is 34.9 Å². The molecule has 2 fully saturated rings. The van der Waals surface area contributed by atoms with E-state index in [2.05, 4.69) is 69.5 Å². The van der Waals surface area contributed by atoms with Gasteiger partial charge in [0.05, 0.1) is 18.9 Å². The van der Waals surface area contributed by atoms with Gasteiger partial charge in [-0.25, -0.2) is 0 Å². The molecule has 3 aliphatic rings. The van der Waals surface area contributed by atoms with Crippen LogP contribution < -0.4 is 15.8 Å². The second-order valence-corrected chi connectivity index (χ2v) is 12.2. The molecule has 1 aromatic heterocycles. The van der Waals surface area contributed by atoms with Gasteiger partial charge in [0, 0.05) is 68.3 Å². The molecule has 1 atom stereocenters. The quantitative estimate of drug-likeness (QED) is 0.312. The third kappa shape index (κ3) is 5.72. The highest BCUT2D eigenvalue weighted by Crippen LogP contribution is 2.52. The Balaban J connectivity index is 1.20. The van der Waals surface area contributed by atoms with Crippen LogP contribution in [-0.2, 0) is 4.74 Å². The summed E-state index contributed by atoms with van der Waals surface area (Å²) >= 11 is 3.61. The first-order chi connectivity index (χ1) is 18.1. The van der Waals surface area contributed by atoms with Crippen LogP contribution in [0.15, 0.2) is 72.9 Å². The number of pyridine rings is 1. The number of morpholine rings is 1. The highest BCUT2D eigenvalue weighted by molar-refractivity contribution is 8.05. The molecule has 6 nitrogen and oxygen atoms in total. The minimum absolute atomic E-state index is 0.0694. The van der Waals surface area contributed by atoms with Crippen LogP contribution in [0.25, 0.3) is 11.3 Å². The predicted octanol–water partition coefficient (Wildman–Crippen LogP) is 5.78. The molecule has 2 saturated heterocycles. The van der Waals surface area contributed by atoms with Gasteiger partial charge >= 0.3 is 0 Å². The Morgan fingerprint density at radius 2 is 1.81 bits per heavy atom. The second kappa shape index (κ2) is 11.2. The van der Waals surface area contributed by atoms with E-state index in [9.17, 15) is 4.79 Å². The molecule has 3 aliphatic heterocycles. The number of aromatic nitrogens is 1. The zero-order valence-electron chi connectivity index (χ0n) is 21.3. The van der Waals surface area contributed by atoms with Crippen LogP contribution in [0.5, 0.6) is 0 Å². The van der Waals surface area contributed by atoms with E-state index in [-0.39, 0.29) is 5.56 Å². The van der Waals surface area contributed by atoms with Crippen molar-refractivity contribution in [1.82, 2.24) is 9.88 Å². The molecule has 194 valence electrons. The largest absolute Gasteiger partial charge is 0.383 e. The average Bonchev–Trinajstić information content (AvgIpc) is 3.44. The lowest BCUT2D eigenvalue weighted by Crippen LogP contribution is -2.36. The van der Waals surface area contributed by atoms with Crippen LogP contribution in [0.4, 0.5) is 11.4 Å². The van der Waals surface area contributed by atoms with E-state index in [0.717, 1.165) is 36.5 Å². The maximum absolute atomic E-state index is 12.6. The van der Waals surface area contributed by atoms with Crippen molar-refractivity contribution in [3.8, 4) is 11.3 Å². The Kier molecular flexibility index (Phi) is 7.51. The van der Waals surface area contributed by atoms with Gasteiger partial charge < -0.3 is 24.8 Å². The zero-order chi connectivity index (χ0) is 25.2. The molecule has 0 bridgehead atoms. The summed E-state index contributed by atoms with van der Waals surface area (Å²) in [6.45, 7) is 8.97. The first-order valence-corrected chi connectivity index (χ1v) is 14.9. The number of ether oxygens (including phenoxy) is 1. The molecular weight excluding hydrogens is 500 g/mol. The summed E-state index contributed by atoms with van der Waals surface area (Å²) in [7, 11) is 0. The monoisotopic (exact) mass is 534 g/mol. The molecule has 1 unspecified atom stereocenters. The minimum Gasteiger partial charge on any atom is -0.383 e. The van der Waals surface area contributed by atoms with E-state index >= 15 is 0 Å². The lowest BCUT2D eigenvalue weighted by molar-refractivity contribution is 0.122. The van der Waals surface area contributed by atoms with Crippen molar-refractivity contribution < 1.29 is 4.74 Å². The first kappa shape index (κ1) is 24.9. The van der Waals surface area contributed by atoms with Gasteiger partial charge in [0.15, 0.2) is 0 Å². The number of aromatic amines is 1. The molecule has 0 aliphatic carbocycles. The maximum atomic E-state index is 12.6. The van der Waals surface area contributed by atoms with E-state index in [1.54, 1.807) is 17.8 Å². The Morgan fingerprint density at radius 3 is 2.65 bits per heavy atom. The molecule has 0 spiro atoms. The smallest absolute Gasteiger partial charge is 0.250 e. The van der Waals surface area contributed by atoms with Crippen molar-refractivity contribution in [2.75, 3.05) is 56.2 Å². The van der Waals surface area contributed by atoms with Crippen molar-refractivity contribution in [2.24, 2.45) is 0 Å². The molecule has 2 N–H and O–H groups in total. The van der Waals surface area contributed by atoms with Gasteiger partial charge in [0.1, 0.15) is 0 Å². The van der Waals surface area contributed by atoms with E-state index < -0.39 is 0 Å². The molecule has 0 radical (unpaired) electrons. The predicted molar refractivity (Wildman–Crippen MR) is 154 cm³/mol. The van der Waals surface area contributed by atoms with Crippen molar-refractivity contribution in [3.05, 3.63) is 58.9 Å². The Morgan fingerprint density at radius 1 is 0.973 bits per heavy atom. The fraction of sp³-hybridized carbons (Fsp3) is 0.414. The molecule has 6 rings (SSSR count). The van der Waals surface area contributed by atoms with E-state index in [0.29, 0.717) is 19.3 Å². The molecule has 4 heterocycles. The van der Waals surface area contributed by atoms with Crippen molar-refractivity contribution in [3.63, 3.8) is 0 Å². The lowest BCUT2D eigenvalue weighted by atomic mass is 10.1. The van der Waals surface area contributed by atoms with Gasteiger partial charge in [-0.05, 0) is 69.6 Å². The molecule has 2 aromatic carbocycles. The molecule has 3 aromatic rings.